The van der Waals surface area contributed by atoms with Gasteiger partial charge in [-0.25, -0.2) is 4.68 Å². The minimum Gasteiger partial charge on any atom is -0.481 e. The van der Waals surface area contributed by atoms with Crippen molar-refractivity contribution >= 4 is 28.9 Å². The van der Waals surface area contributed by atoms with E-state index in [0.717, 1.165) is 43.4 Å². The summed E-state index contributed by atoms with van der Waals surface area (Å²) < 4.78 is 1.59. The Bertz CT molecular complexity index is 1070. The topological polar surface area (TPSA) is 84.2 Å². The zero-order valence-corrected chi connectivity index (χ0v) is 17.8. The number of hydrogen-bond acceptors (Lipinski definition) is 4. The highest BCUT2D eigenvalue weighted by molar-refractivity contribution is 6.33. The zero-order valence-electron chi connectivity index (χ0n) is 17.0. The number of carboxylic acid groups (broad SMARTS) is 1. The highest BCUT2D eigenvalue weighted by atomic mass is 35.5. The van der Waals surface area contributed by atoms with Crippen LogP contribution in [0.15, 0.2) is 35.3 Å². The van der Waals surface area contributed by atoms with Crippen LogP contribution in [-0.4, -0.2) is 20.9 Å². The third-order valence-electron chi connectivity index (χ3n) is 7.46. The number of aromatic nitrogens is 2. The lowest BCUT2D eigenvalue weighted by atomic mass is 9.46. The third-order valence-corrected chi connectivity index (χ3v) is 7.83. The summed E-state index contributed by atoms with van der Waals surface area (Å²) in [7, 11) is 0. The number of aliphatic carboxylic acids is 1. The van der Waals surface area contributed by atoms with Crippen LogP contribution in [0.4, 0.5) is 11.4 Å². The molecule has 0 spiro atoms. The van der Waals surface area contributed by atoms with E-state index in [-0.39, 0.29) is 22.4 Å². The van der Waals surface area contributed by atoms with Gasteiger partial charge in [-0.3, -0.25) is 9.59 Å². The Kier molecular flexibility index (Phi) is 4.47. The summed E-state index contributed by atoms with van der Waals surface area (Å²) in [6.07, 6.45) is 7.33. The van der Waals surface area contributed by atoms with E-state index < -0.39 is 11.5 Å². The summed E-state index contributed by atoms with van der Waals surface area (Å²) >= 11 is 6.53. The molecule has 2 aromatic rings. The first-order valence-corrected chi connectivity index (χ1v) is 11.0. The number of aryl methyl sites for hydroxylation is 1. The highest BCUT2D eigenvalue weighted by Gasteiger charge is 2.59. The van der Waals surface area contributed by atoms with E-state index >= 15 is 0 Å². The van der Waals surface area contributed by atoms with Crippen molar-refractivity contribution in [2.75, 3.05) is 5.32 Å². The van der Waals surface area contributed by atoms with Crippen molar-refractivity contribution in [2.24, 2.45) is 17.3 Å². The van der Waals surface area contributed by atoms with E-state index in [1.807, 2.05) is 31.2 Å². The fourth-order valence-corrected chi connectivity index (χ4v) is 7.07. The van der Waals surface area contributed by atoms with Crippen LogP contribution in [0.2, 0.25) is 5.02 Å². The molecule has 0 radical (unpaired) electrons. The van der Waals surface area contributed by atoms with Crippen molar-refractivity contribution in [1.82, 2.24) is 9.78 Å². The molecular formula is C23H26ClN3O3. The van der Waals surface area contributed by atoms with Crippen LogP contribution in [0.25, 0.3) is 0 Å². The molecule has 4 aliphatic rings. The Morgan fingerprint density at radius 2 is 1.93 bits per heavy atom. The fourth-order valence-electron chi connectivity index (χ4n) is 6.89. The minimum absolute atomic E-state index is 0.135. The molecule has 1 aromatic carbocycles. The van der Waals surface area contributed by atoms with Gasteiger partial charge in [0.2, 0.25) is 0 Å². The van der Waals surface area contributed by atoms with Gasteiger partial charge in [0.1, 0.15) is 5.02 Å². The van der Waals surface area contributed by atoms with Crippen LogP contribution < -0.4 is 10.9 Å². The Labute approximate surface area is 180 Å². The number of rotatable bonds is 5. The number of hydrogen-bond donors (Lipinski definition) is 2. The van der Waals surface area contributed by atoms with Crippen molar-refractivity contribution in [3.05, 3.63) is 51.4 Å². The Hall–Kier alpha value is -2.34. The Morgan fingerprint density at radius 3 is 2.60 bits per heavy atom. The lowest BCUT2D eigenvalue weighted by molar-refractivity contribution is -0.151. The first-order valence-electron chi connectivity index (χ1n) is 10.6. The molecule has 4 fully saturated rings. The Balaban J connectivity index is 1.52. The molecule has 0 unspecified atom stereocenters. The molecule has 1 aromatic heterocycles. The molecule has 7 heteroatoms. The number of anilines is 2. The number of nitrogens with zero attached hydrogens (tertiary/aromatic N) is 2. The normalized spacial score (nSPS) is 31.7. The van der Waals surface area contributed by atoms with E-state index in [1.165, 1.54) is 0 Å². The van der Waals surface area contributed by atoms with Crippen LogP contribution in [0.3, 0.4) is 0 Å². The van der Waals surface area contributed by atoms with Gasteiger partial charge in [0, 0.05) is 5.69 Å². The predicted octanol–water partition coefficient (Wildman–Crippen LogP) is 4.72. The highest BCUT2D eigenvalue weighted by Crippen LogP contribution is 2.65. The second kappa shape index (κ2) is 6.84. The van der Waals surface area contributed by atoms with Crippen molar-refractivity contribution in [3.63, 3.8) is 0 Å². The summed E-state index contributed by atoms with van der Waals surface area (Å²) in [5.41, 5.74) is 1.51. The molecule has 6 rings (SSSR count). The SMILES string of the molecule is Cc1ccccc1Nc1cnn(C23C[C@@H]4C[C@H](CC(CC(=O)O)(C4)C2)C3)c(=O)c1Cl. The van der Waals surface area contributed by atoms with Gasteiger partial charge >= 0.3 is 5.97 Å². The minimum atomic E-state index is -0.747. The number of nitrogens with one attached hydrogen (secondary N) is 1. The summed E-state index contributed by atoms with van der Waals surface area (Å²) in [4.78, 5) is 24.9. The van der Waals surface area contributed by atoms with E-state index in [2.05, 4.69) is 10.4 Å². The van der Waals surface area contributed by atoms with Gasteiger partial charge in [-0.2, -0.15) is 5.10 Å². The van der Waals surface area contributed by atoms with Crippen LogP contribution in [0.5, 0.6) is 0 Å². The standard InChI is InChI=1S/C23H26ClN3O3/c1-14-4-2-3-5-17(14)26-18-12-25-27(21(30)20(18)24)23-9-15-6-16(10-23)8-22(7-15,13-23)11-19(28)29/h2-5,12,15-16,26H,6-11,13H2,1H3,(H,28,29)/t15-,16-,22?,23?/m1/s1. The molecule has 4 aliphatic carbocycles. The summed E-state index contributed by atoms with van der Waals surface area (Å²) in [6, 6.07) is 7.81. The van der Waals surface area contributed by atoms with E-state index in [1.54, 1.807) is 10.9 Å². The predicted molar refractivity (Wildman–Crippen MR) is 115 cm³/mol. The maximum atomic E-state index is 13.3. The number of benzene rings is 1. The van der Waals surface area contributed by atoms with Gasteiger partial charge in [-0.05, 0) is 74.3 Å². The maximum Gasteiger partial charge on any atom is 0.303 e. The molecule has 30 heavy (non-hydrogen) atoms. The van der Waals surface area contributed by atoms with Crippen LogP contribution in [0.1, 0.15) is 50.5 Å². The number of halogens is 1. The summed E-state index contributed by atoms with van der Waals surface area (Å²) in [6.45, 7) is 1.99. The fraction of sp³-hybridized carbons (Fsp3) is 0.522. The van der Waals surface area contributed by atoms with Gasteiger partial charge in [-0.15, -0.1) is 0 Å². The van der Waals surface area contributed by atoms with E-state index in [0.29, 0.717) is 23.9 Å². The molecular weight excluding hydrogens is 402 g/mol. The Morgan fingerprint density at radius 1 is 1.23 bits per heavy atom. The van der Waals surface area contributed by atoms with Gasteiger partial charge in [-0.1, -0.05) is 29.8 Å². The van der Waals surface area contributed by atoms with Gasteiger partial charge in [0.25, 0.3) is 5.56 Å². The lowest BCUT2D eigenvalue weighted by Gasteiger charge is -2.61. The van der Waals surface area contributed by atoms with Crippen molar-refractivity contribution in [2.45, 2.75) is 57.4 Å². The molecule has 4 bridgehead atoms. The van der Waals surface area contributed by atoms with Crippen LogP contribution in [0, 0.1) is 24.2 Å². The first kappa shape index (κ1) is 19.6. The molecule has 0 amide bonds. The average molecular weight is 428 g/mol. The van der Waals surface area contributed by atoms with Crippen LogP contribution >= 0.6 is 11.6 Å². The van der Waals surface area contributed by atoms with Gasteiger partial charge in [0.05, 0.1) is 23.8 Å². The molecule has 2 atom stereocenters. The van der Waals surface area contributed by atoms with Crippen molar-refractivity contribution < 1.29 is 9.90 Å². The molecule has 4 saturated carbocycles. The molecule has 0 saturated heterocycles. The van der Waals surface area contributed by atoms with E-state index in [9.17, 15) is 14.7 Å². The first-order chi connectivity index (χ1) is 14.3. The summed E-state index contributed by atoms with van der Waals surface area (Å²) in [5.74, 6) is 0.175. The maximum absolute atomic E-state index is 13.3. The zero-order chi connectivity index (χ0) is 21.1. The van der Waals surface area contributed by atoms with E-state index in [4.69, 9.17) is 11.6 Å². The number of carboxylic acids is 1. The molecule has 0 aliphatic heterocycles. The van der Waals surface area contributed by atoms with Gasteiger partial charge < -0.3 is 10.4 Å². The molecule has 2 N–H and O–H groups in total. The number of para-hydroxylation sites is 1. The average Bonchev–Trinajstić information content (AvgIpc) is 2.65. The lowest BCUT2D eigenvalue weighted by Crippen LogP contribution is -2.59. The third kappa shape index (κ3) is 3.13. The molecule has 158 valence electrons. The second-order valence-corrected chi connectivity index (χ2v) is 10.2. The monoisotopic (exact) mass is 427 g/mol. The van der Waals surface area contributed by atoms with Crippen LogP contribution in [-0.2, 0) is 10.3 Å². The smallest absolute Gasteiger partial charge is 0.303 e. The molecule has 1 heterocycles. The quantitative estimate of drug-likeness (QED) is 0.721. The van der Waals surface area contributed by atoms with Crippen molar-refractivity contribution in [3.8, 4) is 0 Å². The molecule has 6 nitrogen and oxygen atoms in total. The number of carbonyl (C=O) groups is 1. The largest absolute Gasteiger partial charge is 0.481 e. The summed E-state index contributed by atoms with van der Waals surface area (Å²) in [5, 5.41) is 17.5. The van der Waals surface area contributed by atoms with Gasteiger partial charge in [0.15, 0.2) is 0 Å². The van der Waals surface area contributed by atoms with Crippen molar-refractivity contribution in [1.29, 1.82) is 0 Å². The second-order valence-electron chi connectivity index (χ2n) is 9.78.